The average Bonchev–Trinajstić information content (AvgIpc) is 2.68. The number of rotatable bonds is 3. The quantitative estimate of drug-likeness (QED) is 0.692. The zero-order valence-electron chi connectivity index (χ0n) is 9.99. The van der Waals surface area contributed by atoms with E-state index in [0.717, 1.165) is 5.56 Å². The number of nitrogens with two attached hydrogens (primary N) is 1. The summed E-state index contributed by atoms with van der Waals surface area (Å²) >= 11 is 7.23. The van der Waals surface area contributed by atoms with Gasteiger partial charge in [0.25, 0.3) is 0 Å². The van der Waals surface area contributed by atoms with Gasteiger partial charge in [-0.05, 0) is 30.7 Å². The van der Waals surface area contributed by atoms with Gasteiger partial charge in [0.2, 0.25) is 5.78 Å². The van der Waals surface area contributed by atoms with Crippen LogP contribution in [0.4, 0.5) is 5.69 Å². The van der Waals surface area contributed by atoms with E-state index >= 15 is 0 Å². The summed E-state index contributed by atoms with van der Waals surface area (Å²) in [5.74, 6) is 0.312. The summed E-state index contributed by atoms with van der Waals surface area (Å²) in [4.78, 5) is 13.0. The number of ketones is 1. The van der Waals surface area contributed by atoms with Gasteiger partial charge in [-0.3, -0.25) is 4.79 Å². The molecule has 2 rings (SSSR count). The number of benzene rings is 1. The van der Waals surface area contributed by atoms with Gasteiger partial charge in [0.15, 0.2) is 0 Å². The maximum Gasteiger partial charge on any atom is 0.208 e. The van der Waals surface area contributed by atoms with Crippen molar-refractivity contribution in [3.05, 3.63) is 44.6 Å². The second-order valence-corrected chi connectivity index (χ2v) is 5.48. The molecule has 0 saturated heterocycles. The summed E-state index contributed by atoms with van der Waals surface area (Å²) < 4.78 is 5.79. The van der Waals surface area contributed by atoms with Crippen LogP contribution in [0.2, 0.25) is 4.34 Å². The second-order valence-electron chi connectivity index (χ2n) is 3.82. The molecular weight excluding hydrogens is 270 g/mol. The van der Waals surface area contributed by atoms with Crippen LogP contribution in [0, 0.1) is 6.92 Å². The molecule has 0 radical (unpaired) electrons. The molecule has 1 aromatic carbocycles. The number of anilines is 1. The van der Waals surface area contributed by atoms with Crippen molar-refractivity contribution in [2.24, 2.45) is 0 Å². The predicted octanol–water partition coefficient (Wildman–Crippen LogP) is 3.53. The van der Waals surface area contributed by atoms with E-state index in [2.05, 4.69) is 0 Å². The lowest BCUT2D eigenvalue weighted by Gasteiger charge is -2.08. The van der Waals surface area contributed by atoms with Crippen LogP contribution in [0.15, 0.2) is 24.3 Å². The number of methoxy groups -OCH3 is 1. The Hall–Kier alpha value is -1.52. The minimum atomic E-state index is -0.162. The van der Waals surface area contributed by atoms with Gasteiger partial charge >= 0.3 is 0 Å². The van der Waals surface area contributed by atoms with Gasteiger partial charge in [0.05, 0.1) is 21.9 Å². The van der Waals surface area contributed by atoms with Crippen LogP contribution in [0.5, 0.6) is 5.75 Å². The molecule has 0 saturated carbocycles. The number of hydrogen-bond donors (Lipinski definition) is 1. The van der Waals surface area contributed by atoms with Crippen molar-refractivity contribution in [3.63, 3.8) is 0 Å². The minimum absolute atomic E-state index is 0.162. The maximum atomic E-state index is 12.4. The van der Waals surface area contributed by atoms with Crippen LogP contribution in [-0.4, -0.2) is 12.9 Å². The number of hydrogen-bond acceptors (Lipinski definition) is 4. The van der Waals surface area contributed by atoms with Gasteiger partial charge in [-0.25, -0.2) is 0 Å². The van der Waals surface area contributed by atoms with Crippen molar-refractivity contribution in [1.82, 2.24) is 0 Å². The van der Waals surface area contributed by atoms with E-state index in [4.69, 9.17) is 22.1 Å². The highest BCUT2D eigenvalue weighted by atomic mass is 35.5. The fourth-order valence-corrected chi connectivity index (χ4v) is 2.80. The van der Waals surface area contributed by atoms with E-state index in [9.17, 15) is 4.79 Å². The molecule has 0 atom stereocenters. The summed E-state index contributed by atoms with van der Waals surface area (Å²) in [6.45, 7) is 1.86. The van der Waals surface area contributed by atoms with E-state index in [1.807, 2.05) is 6.92 Å². The number of ether oxygens (including phenoxy) is 1. The number of carbonyl (C=O) groups excluding carboxylic acids is 1. The molecule has 0 fully saturated rings. The molecule has 0 aliphatic heterocycles. The number of thiophene rings is 1. The molecule has 94 valence electrons. The fourth-order valence-electron chi connectivity index (χ4n) is 1.66. The largest absolute Gasteiger partial charge is 0.496 e. The van der Waals surface area contributed by atoms with Crippen molar-refractivity contribution in [3.8, 4) is 5.75 Å². The third-order valence-corrected chi connectivity index (χ3v) is 4.14. The highest BCUT2D eigenvalue weighted by Crippen LogP contribution is 2.32. The van der Waals surface area contributed by atoms with E-state index in [1.165, 1.54) is 18.4 Å². The van der Waals surface area contributed by atoms with E-state index < -0.39 is 0 Å². The molecule has 2 N–H and O–H groups in total. The van der Waals surface area contributed by atoms with Crippen molar-refractivity contribution in [2.45, 2.75) is 6.92 Å². The van der Waals surface area contributed by atoms with Crippen molar-refractivity contribution >= 4 is 34.4 Å². The molecule has 0 amide bonds. The first-order chi connectivity index (χ1) is 8.54. The molecule has 1 aromatic heterocycles. The zero-order chi connectivity index (χ0) is 13.3. The lowest BCUT2D eigenvalue weighted by atomic mass is 10.1. The van der Waals surface area contributed by atoms with E-state index in [1.54, 1.807) is 24.3 Å². The second kappa shape index (κ2) is 5.00. The average molecular weight is 282 g/mol. The van der Waals surface area contributed by atoms with E-state index in [-0.39, 0.29) is 5.78 Å². The third kappa shape index (κ3) is 2.21. The van der Waals surface area contributed by atoms with Crippen LogP contribution >= 0.6 is 22.9 Å². The molecular formula is C13H12ClNO2S. The van der Waals surface area contributed by atoms with Gasteiger partial charge in [-0.15, -0.1) is 11.3 Å². The normalized spacial score (nSPS) is 10.4. The highest BCUT2D eigenvalue weighted by molar-refractivity contribution is 7.18. The standard InChI is InChI=1S/C13H12ClNO2S/c1-7-6-10(18-13(7)14)12(16)11-8(15)4-3-5-9(11)17-2/h3-6H,15H2,1-2H3. The van der Waals surface area contributed by atoms with Crippen molar-refractivity contribution in [1.29, 1.82) is 0 Å². The molecule has 18 heavy (non-hydrogen) atoms. The van der Waals surface area contributed by atoms with Crippen molar-refractivity contribution in [2.75, 3.05) is 12.8 Å². The molecule has 3 nitrogen and oxygen atoms in total. The number of carbonyl (C=O) groups is 1. The SMILES string of the molecule is COc1cccc(N)c1C(=O)c1cc(C)c(Cl)s1. The number of nitrogen functional groups attached to an aromatic ring is 1. The lowest BCUT2D eigenvalue weighted by molar-refractivity contribution is 0.104. The Morgan fingerprint density at radius 3 is 2.72 bits per heavy atom. The van der Waals surface area contributed by atoms with Gasteiger partial charge in [-0.1, -0.05) is 17.7 Å². The fraction of sp³-hybridized carbons (Fsp3) is 0.154. The summed E-state index contributed by atoms with van der Waals surface area (Å²) in [6.07, 6.45) is 0. The molecule has 1 heterocycles. The first kappa shape index (κ1) is 12.9. The van der Waals surface area contributed by atoms with Gasteiger partial charge in [-0.2, -0.15) is 0 Å². The first-order valence-corrected chi connectivity index (χ1v) is 6.47. The zero-order valence-corrected chi connectivity index (χ0v) is 11.6. The van der Waals surface area contributed by atoms with Crippen LogP contribution in [0.3, 0.4) is 0 Å². The summed E-state index contributed by atoms with van der Waals surface area (Å²) in [5.41, 5.74) is 7.53. The summed E-state index contributed by atoms with van der Waals surface area (Å²) in [7, 11) is 1.51. The topological polar surface area (TPSA) is 52.3 Å². The Morgan fingerprint density at radius 1 is 1.44 bits per heavy atom. The Labute approximate surface area is 114 Å². The van der Waals surface area contributed by atoms with Crippen LogP contribution < -0.4 is 10.5 Å². The molecule has 2 aromatic rings. The smallest absolute Gasteiger partial charge is 0.208 e. The lowest BCUT2D eigenvalue weighted by Crippen LogP contribution is -2.06. The number of aryl methyl sites for hydroxylation is 1. The van der Waals surface area contributed by atoms with Gasteiger partial charge < -0.3 is 10.5 Å². The molecule has 0 spiro atoms. The first-order valence-electron chi connectivity index (χ1n) is 5.27. The molecule has 0 aliphatic carbocycles. The Morgan fingerprint density at radius 2 is 2.17 bits per heavy atom. The molecule has 0 bridgehead atoms. The Balaban J connectivity index is 2.52. The van der Waals surface area contributed by atoms with Crippen LogP contribution in [-0.2, 0) is 0 Å². The van der Waals surface area contributed by atoms with Crippen LogP contribution in [0.1, 0.15) is 20.8 Å². The summed E-state index contributed by atoms with van der Waals surface area (Å²) in [5, 5.41) is 0. The Kier molecular flexibility index (Phi) is 3.59. The minimum Gasteiger partial charge on any atom is -0.496 e. The number of halogens is 1. The van der Waals surface area contributed by atoms with E-state index in [0.29, 0.717) is 26.2 Å². The molecule has 0 unspecified atom stereocenters. The molecule has 0 aliphatic rings. The summed E-state index contributed by atoms with van der Waals surface area (Å²) in [6, 6.07) is 6.91. The predicted molar refractivity (Wildman–Crippen MR) is 74.9 cm³/mol. The third-order valence-electron chi connectivity index (χ3n) is 2.59. The monoisotopic (exact) mass is 281 g/mol. The highest BCUT2D eigenvalue weighted by Gasteiger charge is 2.20. The molecule has 5 heteroatoms. The van der Waals surface area contributed by atoms with Gasteiger partial charge in [0.1, 0.15) is 5.75 Å². The maximum absolute atomic E-state index is 12.4. The Bertz CT molecular complexity index is 588. The van der Waals surface area contributed by atoms with Crippen LogP contribution in [0.25, 0.3) is 0 Å². The van der Waals surface area contributed by atoms with Gasteiger partial charge in [0, 0.05) is 5.69 Å². The van der Waals surface area contributed by atoms with Crippen molar-refractivity contribution < 1.29 is 9.53 Å².